The first-order valence-corrected chi connectivity index (χ1v) is 7.59. The number of benzene rings is 1. The van der Waals surface area contributed by atoms with E-state index in [0.29, 0.717) is 22.3 Å². The van der Waals surface area contributed by atoms with Crippen LogP contribution in [0, 0.1) is 11.8 Å². The third-order valence-electron chi connectivity index (χ3n) is 4.76. The molecule has 23 heavy (non-hydrogen) atoms. The molecule has 0 saturated heterocycles. The molecule has 4 heteroatoms. The van der Waals surface area contributed by atoms with Crippen molar-refractivity contribution < 1.29 is 4.79 Å². The Labute approximate surface area is 131 Å². The van der Waals surface area contributed by atoms with Gasteiger partial charge in [0.2, 0.25) is 0 Å². The molecule has 2 heterocycles. The lowest BCUT2D eigenvalue weighted by Gasteiger charge is -2.35. The highest BCUT2D eigenvalue weighted by atomic mass is 16.2. The van der Waals surface area contributed by atoms with Crippen LogP contribution >= 0.6 is 0 Å². The number of aromatic nitrogens is 2. The fraction of sp³-hybridized carbons (Fsp3) is 0.105. The maximum atomic E-state index is 12.9. The number of fused-ring (bicyclic) bond motifs is 3. The molecule has 2 aromatic rings. The predicted molar refractivity (Wildman–Crippen MR) is 87.9 cm³/mol. The molecular formula is C19H12N2O2. The van der Waals surface area contributed by atoms with E-state index < -0.39 is 0 Å². The minimum absolute atomic E-state index is 0.0365. The van der Waals surface area contributed by atoms with Crippen molar-refractivity contribution in [3.05, 3.63) is 82.5 Å². The first kappa shape index (κ1) is 12.5. The molecule has 4 nitrogen and oxygen atoms in total. The normalized spacial score (nSPS) is 24.1. The van der Waals surface area contributed by atoms with Gasteiger partial charge in [0.25, 0.3) is 11.5 Å². The maximum absolute atomic E-state index is 12.9. The Morgan fingerprint density at radius 3 is 2.52 bits per heavy atom. The molecule has 5 rings (SSSR count). The van der Waals surface area contributed by atoms with Gasteiger partial charge < -0.3 is 0 Å². The maximum Gasteiger partial charge on any atom is 0.268 e. The zero-order chi connectivity index (χ0) is 15.6. The molecule has 0 spiro atoms. The van der Waals surface area contributed by atoms with E-state index in [1.54, 1.807) is 12.1 Å². The van der Waals surface area contributed by atoms with Crippen LogP contribution in [0.1, 0.15) is 10.6 Å². The van der Waals surface area contributed by atoms with E-state index in [1.807, 2.05) is 36.4 Å². The second-order valence-electron chi connectivity index (χ2n) is 5.97. The van der Waals surface area contributed by atoms with E-state index in [0.717, 1.165) is 5.57 Å². The molecule has 1 aromatic heterocycles. The van der Waals surface area contributed by atoms with Crippen LogP contribution in [0.5, 0.6) is 0 Å². The summed E-state index contributed by atoms with van der Waals surface area (Å²) in [7, 11) is 0. The fourth-order valence-electron chi connectivity index (χ4n) is 3.71. The topological polar surface area (TPSA) is 52.0 Å². The molecule has 3 aliphatic rings. The van der Waals surface area contributed by atoms with Crippen LogP contribution in [0.2, 0.25) is 0 Å². The molecule has 0 amide bonds. The third-order valence-corrected chi connectivity index (χ3v) is 4.76. The number of carbonyl (C=O) groups excluding carboxylic acids is 1. The number of para-hydroxylation sites is 1. The molecule has 0 fully saturated rings. The molecule has 110 valence electrons. The third kappa shape index (κ3) is 1.52. The second-order valence-corrected chi connectivity index (χ2v) is 5.97. The zero-order valence-electron chi connectivity index (χ0n) is 12.1. The van der Waals surface area contributed by atoms with E-state index in [2.05, 4.69) is 17.1 Å². The number of nitrogens with zero attached hydrogens (tertiary/aromatic N) is 2. The summed E-state index contributed by atoms with van der Waals surface area (Å²) in [5, 5.41) is 0.471. The number of rotatable bonds is 0. The molecule has 1 aliphatic heterocycles. The largest absolute Gasteiger partial charge is 0.268 e. The highest BCUT2D eigenvalue weighted by Gasteiger charge is 2.40. The van der Waals surface area contributed by atoms with Crippen LogP contribution in [-0.4, -0.2) is 15.5 Å². The Morgan fingerprint density at radius 1 is 0.957 bits per heavy atom. The highest BCUT2D eigenvalue weighted by Crippen LogP contribution is 2.43. The number of hydrogen-bond acceptors (Lipinski definition) is 3. The lowest BCUT2D eigenvalue weighted by molar-refractivity contribution is 0.0931. The summed E-state index contributed by atoms with van der Waals surface area (Å²) in [6, 6.07) is 7.16. The Balaban J connectivity index is 1.93. The molecule has 0 bridgehead atoms. The molecule has 0 radical (unpaired) electrons. The van der Waals surface area contributed by atoms with E-state index in [-0.39, 0.29) is 23.3 Å². The molecule has 2 atom stereocenters. The van der Waals surface area contributed by atoms with E-state index in [1.165, 1.54) is 4.57 Å². The van der Waals surface area contributed by atoms with Gasteiger partial charge in [-0.3, -0.25) is 9.59 Å². The van der Waals surface area contributed by atoms with Gasteiger partial charge in [0.1, 0.15) is 5.82 Å². The molecule has 0 N–H and O–H groups in total. The van der Waals surface area contributed by atoms with Crippen molar-refractivity contribution in [2.24, 2.45) is 11.8 Å². The average Bonchev–Trinajstić information content (AvgIpc) is 2.59. The summed E-state index contributed by atoms with van der Waals surface area (Å²) in [5.41, 5.74) is 1.94. The van der Waals surface area contributed by atoms with Gasteiger partial charge in [-0.2, -0.15) is 0 Å². The first-order valence-electron chi connectivity index (χ1n) is 7.59. The molecule has 1 aromatic carbocycles. The van der Waals surface area contributed by atoms with E-state index in [4.69, 9.17) is 0 Å². The van der Waals surface area contributed by atoms with Gasteiger partial charge in [-0.1, -0.05) is 48.6 Å². The first-order chi connectivity index (χ1) is 11.3. The molecular weight excluding hydrogens is 288 g/mol. The summed E-state index contributed by atoms with van der Waals surface area (Å²) < 4.78 is 1.23. The van der Waals surface area contributed by atoms with Crippen LogP contribution in [0.15, 0.2) is 71.1 Å². The Morgan fingerprint density at radius 2 is 1.70 bits per heavy atom. The Hall–Kier alpha value is -3.01. The van der Waals surface area contributed by atoms with Crippen LogP contribution in [0.3, 0.4) is 0 Å². The Kier molecular flexibility index (Phi) is 2.32. The zero-order valence-corrected chi connectivity index (χ0v) is 12.1. The van der Waals surface area contributed by atoms with Gasteiger partial charge >= 0.3 is 0 Å². The molecule has 2 aliphatic carbocycles. The summed E-state index contributed by atoms with van der Waals surface area (Å²) in [6.07, 6.45) is 11.8. The van der Waals surface area contributed by atoms with Crippen LogP contribution in [-0.2, 0) is 0 Å². The monoisotopic (exact) mass is 300 g/mol. The quantitative estimate of drug-likeness (QED) is 0.751. The number of allylic oxidation sites excluding steroid dienone is 8. The standard InChI is InChI=1S/C19H12N2O2/c22-18-12-7-1-2-10-15(12)20-17-13-8-3-5-11-6-4-9-14(16(11)13)19(23)21(17)18/h1-11,16H. The highest BCUT2D eigenvalue weighted by molar-refractivity contribution is 6.05. The average molecular weight is 300 g/mol. The molecule has 0 saturated carbocycles. The fourth-order valence-corrected chi connectivity index (χ4v) is 3.71. The second kappa shape index (κ2) is 4.26. The van der Waals surface area contributed by atoms with Crippen molar-refractivity contribution in [1.29, 1.82) is 0 Å². The van der Waals surface area contributed by atoms with Gasteiger partial charge in [-0.05, 0) is 12.1 Å². The van der Waals surface area contributed by atoms with Gasteiger partial charge in [-0.25, -0.2) is 9.55 Å². The summed E-state index contributed by atoms with van der Waals surface area (Å²) in [4.78, 5) is 30.4. The lowest BCUT2D eigenvalue weighted by atomic mass is 9.72. The van der Waals surface area contributed by atoms with E-state index >= 15 is 0 Å². The predicted octanol–water partition coefficient (Wildman–Crippen LogP) is 2.73. The van der Waals surface area contributed by atoms with Gasteiger partial charge in [0.05, 0.1) is 10.9 Å². The summed E-state index contributed by atoms with van der Waals surface area (Å²) >= 11 is 0. The Bertz CT molecular complexity index is 1070. The SMILES string of the molecule is O=C1C2=CC=CC3C=CC=C(c4nc5ccccc5c(=O)n41)C23. The van der Waals surface area contributed by atoms with Crippen molar-refractivity contribution in [2.75, 3.05) is 0 Å². The minimum atomic E-state index is -0.295. The van der Waals surface area contributed by atoms with Gasteiger partial charge in [-0.15, -0.1) is 0 Å². The number of hydrogen-bond donors (Lipinski definition) is 0. The van der Waals surface area contributed by atoms with Crippen LogP contribution < -0.4 is 5.56 Å². The van der Waals surface area contributed by atoms with Crippen molar-refractivity contribution in [3.8, 4) is 0 Å². The minimum Gasteiger partial charge on any atom is -0.268 e. The number of carbonyl (C=O) groups is 1. The van der Waals surface area contributed by atoms with Crippen LogP contribution in [0.4, 0.5) is 0 Å². The van der Waals surface area contributed by atoms with Crippen molar-refractivity contribution in [2.45, 2.75) is 0 Å². The van der Waals surface area contributed by atoms with Crippen molar-refractivity contribution >= 4 is 22.4 Å². The smallest absolute Gasteiger partial charge is 0.268 e. The molecule has 2 unspecified atom stereocenters. The summed E-state index contributed by atoms with van der Waals surface area (Å²) in [6.45, 7) is 0. The van der Waals surface area contributed by atoms with Crippen molar-refractivity contribution in [3.63, 3.8) is 0 Å². The lowest BCUT2D eigenvalue weighted by Crippen LogP contribution is -2.41. The van der Waals surface area contributed by atoms with Crippen LogP contribution in [0.25, 0.3) is 16.5 Å². The van der Waals surface area contributed by atoms with Gasteiger partial charge in [0, 0.05) is 23.0 Å². The summed E-state index contributed by atoms with van der Waals surface area (Å²) in [5.74, 6) is 0.335. The van der Waals surface area contributed by atoms with Gasteiger partial charge in [0.15, 0.2) is 0 Å². The van der Waals surface area contributed by atoms with Crippen molar-refractivity contribution in [1.82, 2.24) is 9.55 Å². The van der Waals surface area contributed by atoms with E-state index in [9.17, 15) is 9.59 Å².